The van der Waals surface area contributed by atoms with Gasteiger partial charge in [0.2, 0.25) is 0 Å². The summed E-state index contributed by atoms with van der Waals surface area (Å²) in [5.41, 5.74) is 2.82. The van der Waals surface area contributed by atoms with Gasteiger partial charge in [-0.05, 0) is 61.4 Å². The summed E-state index contributed by atoms with van der Waals surface area (Å²) in [5.74, 6) is 2.11. The fraction of sp³-hybridized carbons (Fsp3) is 0.348. The molecule has 1 N–H and O–H groups in total. The maximum absolute atomic E-state index is 11.9. The van der Waals surface area contributed by atoms with Crippen LogP contribution in [0.3, 0.4) is 0 Å². The number of nitrogens with one attached hydrogen (secondary N) is 1. The van der Waals surface area contributed by atoms with E-state index in [1.54, 1.807) is 4.52 Å². The van der Waals surface area contributed by atoms with Gasteiger partial charge in [0, 0.05) is 24.7 Å². The Kier molecular flexibility index (Phi) is 5.89. The Labute approximate surface area is 170 Å². The molecule has 3 heterocycles. The van der Waals surface area contributed by atoms with Gasteiger partial charge in [-0.1, -0.05) is 18.7 Å². The highest BCUT2D eigenvalue weighted by molar-refractivity contribution is 5.89. The lowest BCUT2D eigenvalue weighted by Gasteiger charge is -2.17. The monoisotopic (exact) mass is 390 g/mol. The molecule has 0 saturated heterocycles. The highest BCUT2D eigenvalue weighted by Crippen LogP contribution is 2.28. The number of nitrogens with zero attached hydrogens (tertiary/aromatic N) is 3. The van der Waals surface area contributed by atoms with Gasteiger partial charge in [-0.3, -0.25) is 4.79 Å². The van der Waals surface area contributed by atoms with Crippen LogP contribution in [0.4, 0.5) is 5.82 Å². The van der Waals surface area contributed by atoms with E-state index >= 15 is 0 Å². The van der Waals surface area contributed by atoms with Crippen molar-refractivity contribution in [3.63, 3.8) is 0 Å². The minimum atomic E-state index is 0.112. The second-order valence-electron chi connectivity index (χ2n) is 7.47. The predicted molar refractivity (Wildman–Crippen MR) is 114 cm³/mol. The molecule has 4 bridgehead atoms. The van der Waals surface area contributed by atoms with Crippen LogP contribution in [0.2, 0.25) is 0 Å². The predicted octanol–water partition coefficient (Wildman–Crippen LogP) is 4.52. The van der Waals surface area contributed by atoms with Gasteiger partial charge in [0.25, 0.3) is 0 Å². The Morgan fingerprint density at radius 2 is 2.24 bits per heavy atom. The fourth-order valence-corrected chi connectivity index (χ4v) is 3.77. The van der Waals surface area contributed by atoms with E-state index in [1.807, 2.05) is 36.7 Å². The molecule has 29 heavy (non-hydrogen) atoms. The SMILES string of the molecule is C=CC(=O)CC1CCCCOc2cccc(c2)-c2cnn3ccc(nc23)NCC1. The van der Waals surface area contributed by atoms with Crippen LogP contribution in [0.25, 0.3) is 16.8 Å². The van der Waals surface area contributed by atoms with Crippen molar-refractivity contribution >= 4 is 17.2 Å². The van der Waals surface area contributed by atoms with E-state index in [-0.39, 0.29) is 5.78 Å². The van der Waals surface area contributed by atoms with E-state index in [0.29, 0.717) is 18.9 Å². The van der Waals surface area contributed by atoms with E-state index in [1.165, 1.54) is 6.08 Å². The summed E-state index contributed by atoms with van der Waals surface area (Å²) in [6, 6.07) is 9.99. The molecule has 1 aliphatic heterocycles. The summed E-state index contributed by atoms with van der Waals surface area (Å²) in [7, 11) is 0. The number of aromatic nitrogens is 3. The van der Waals surface area contributed by atoms with Gasteiger partial charge in [0.1, 0.15) is 11.6 Å². The smallest absolute Gasteiger partial charge is 0.165 e. The number of allylic oxidation sites excluding steroid dienone is 1. The summed E-state index contributed by atoms with van der Waals surface area (Å²) in [4.78, 5) is 16.6. The molecule has 0 fully saturated rings. The first kappa shape index (κ1) is 19.2. The number of ketones is 1. The van der Waals surface area contributed by atoms with E-state index in [2.05, 4.69) is 23.1 Å². The summed E-state index contributed by atoms with van der Waals surface area (Å²) >= 11 is 0. The first-order chi connectivity index (χ1) is 14.2. The number of rotatable bonds is 3. The molecular weight excluding hydrogens is 364 g/mol. The molecule has 3 aromatic rings. The molecule has 1 aliphatic rings. The number of anilines is 1. The second kappa shape index (κ2) is 8.90. The van der Waals surface area contributed by atoms with Crippen LogP contribution in [0.1, 0.15) is 32.1 Å². The van der Waals surface area contributed by atoms with Crippen molar-refractivity contribution in [1.82, 2.24) is 14.6 Å². The summed E-state index contributed by atoms with van der Waals surface area (Å²) in [6.45, 7) is 5.05. The zero-order valence-corrected chi connectivity index (χ0v) is 16.5. The van der Waals surface area contributed by atoms with Crippen molar-refractivity contribution in [2.24, 2.45) is 5.92 Å². The molecule has 1 atom stereocenters. The topological polar surface area (TPSA) is 68.5 Å². The van der Waals surface area contributed by atoms with Crippen molar-refractivity contribution in [2.75, 3.05) is 18.5 Å². The molecule has 4 rings (SSSR count). The first-order valence-electron chi connectivity index (χ1n) is 10.2. The summed E-state index contributed by atoms with van der Waals surface area (Å²) in [5, 5.41) is 7.84. The molecule has 0 aliphatic carbocycles. The van der Waals surface area contributed by atoms with Crippen LogP contribution < -0.4 is 10.1 Å². The van der Waals surface area contributed by atoms with E-state index < -0.39 is 0 Å². The molecular formula is C23H26N4O2. The highest BCUT2D eigenvalue weighted by Gasteiger charge is 2.14. The molecule has 1 unspecified atom stereocenters. The molecule has 1 aromatic carbocycles. The summed E-state index contributed by atoms with van der Waals surface area (Å²) < 4.78 is 7.75. The summed E-state index contributed by atoms with van der Waals surface area (Å²) in [6.07, 6.45) is 9.65. The average Bonchev–Trinajstić information content (AvgIpc) is 3.16. The molecule has 6 heteroatoms. The number of ether oxygens (including phenoxy) is 1. The van der Waals surface area contributed by atoms with Gasteiger partial charge in [0.15, 0.2) is 11.4 Å². The minimum absolute atomic E-state index is 0.112. The van der Waals surface area contributed by atoms with Crippen molar-refractivity contribution < 1.29 is 9.53 Å². The van der Waals surface area contributed by atoms with Crippen molar-refractivity contribution in [1.29, 1.82) is 0 Å². The quantitative estimate of drug-likeness (QED) is 0.666. The van der Waals surface area contributed by atoms with Crippen LogP contribution in [-0.4, -0.2) is 33.5 Å². The van der Waals surface area contributed by atoms with Gasteiger partial charge in [-0.2, -0.15) is 5.10 Å². The van der Waals surface area contributed by atoms with E-state index in [0.717, 1.165) is 60.6 Å². The number of carbonyl (C=O) groups excluding carboxylic acids is 1. The Morgan fingerprint density at radius 3 is 3.14 bits per heavy atom. The molecule has 2 aromatic heterocycles. The molecule has 6 nitrogen and oxygen atoms in total. The lowest BCUT2D eigenvalue weighted by atomic mass is 9.93. The normalized spacial score (nSPS) is 17.4. The zero-order chi connectivity index (χ0) is 20.1. The van der Waals surface area contributed by atoms with Crippen LogP contribution in [0.15, 0.2) is 55.4 Å². The third-order valence-corrected chi connectivity index (χ3v) is 5.37. The Hall–Kier alpha value is -3.15. The van der Waals surface area contributed by atoms with Crippen LogP contribution in [0, 0.1) is 5.92 Å². The van der Waals surface area contributed by atoms with Gasteiger partial charge in [-0.25, -0.2) is 9.50 Å². The maximum atomic E-state index is 11.9. The first-order valence-corrected chi connectivity index (χ1v) is 10.2. The van der Waals surface area contributed by atoms with Crippen molar-refractivity contribution in [3.05, 3.63) is 55.4 Å². The van der Waals surface area contributed by atoms with E-state index in [4.69, 9.17) is 9.72 Å². The Balaban J connectivity index is 1.62. The third kappa shape index (κ3) is 4.65. The molecule has 0 spiro atoms. The molecule has 0 saturated carbocycles. The molecule has 150 valence electrons. The largest absolute Gasteiger partial charge is 0.494 e. The number of benzene rings is 1. The standard InChI is InChI=1S/C23H26N4O2/c1-2-19(28)14-17-6-3-4-13-29-20-8-5-7-18(15-20)21-16-25-27-12-10-22(24-11-9-17)26-23(21)27/h2,5,7-8,10,12,15-17H,1,3-4,6,9,11,13-14H2,(H,24,26). The minimum Gasteiger partial charge on any atom is -0.494 e. The second-order valence-corrected chi connectivity index (χ2v) is 7.47. The van der Waals surface area contributed by atoms with Gasteiger partial charge in [-0.15, -0.1) is 0 Å². The van der Waals surface area contributed by atoms with Gasteiger partial charge in [0.05, 0.1) is 12.8 Å². The lowest BCUT2D eigenvalue weighted by molar-refractivity contribution is -0.115. The Morgan fingerprint density at radius 1 is 1.31 bits per heavy atom. The number of hydrogen-bond acceptors (Lipinski definition) is 5. The van der Waals surface area contributed by atoms with Crippen LogP contribution in [-0.2, 0) is 4.79 Å². The molecule has 0 radical (unpaired) electrons. The van der Waals surface area contributed by atoms with Crippen molar-refractivity contribution in [3.8, 4) is 16.9 Å². The number of fused-ring (bicyclic) bond motifs is 4. The average molecular weight is 390 g/mol. The maximum Gasteiger partial charge on any atom is 0.165 e. The number of carbonyl (C=O) groups is 1. The highest BCUT2D eigenvalue weighted by atomic mass is 16.5. The van der Waals surface area contributed by atoms with Crippen molar-refractivity contribution in [2.45, 2.75) is 32.1 Å². The Bertz CT molecular complexity index is 1010. The number of hydrogen-bond donors (Lipinski definition) is 1. The third-order valence-electron chi connectivity index (χ3n) is 5.37. The van der Waals surface area contributed by atoms with E-state index in [9.17, 15) is 4.79 Å². The van der Waals surface area contributed by atoms with Crippen LogP contribution in [0.5, 0.6) is 5.75 Å². The zero-order valence-electron chi connectivity index (χ0n) is 16.5. The lowest BCUT2D eigenvalue weighted by Crippen LogP contribution is -2.14. The van der Waals surface area contributed by atoms with Crippen LogP contribution >= 0.6 is 0 Å². The fourth-order valence-electron chi connectivity index (χ4n) is 3.77. The van der Waals surface area contributed by atoms with Gasteiger partial charge >= 0.3 is 0 Å². The molecule has 0 amide bonds. The van der Waals surface area contributed by atoms with Gasteiger partial charge < -0.3 is 10.1 Å².